The number of aromatic nitrogens is 2. The summed E-state index contributed by atoms with van der Waals surface area (Å²) in [4.78, 5) is 11.7. The molecule has 4 nitrogen and oxygen atoms in total. The van der Waals surface area contributed by atoms with E-state index in [0.29, 0.717) is 11.7 Å². The molecule has 0 aromatic carbocycles. The predicted octanol–water partition coefficient (Wildman–Crippen LogP) is 2.87. The molecule has 0 aliphatic heterocycles. The lowest BCUT2D eigenvalue weighted by molar-refractivity contribution is 0.692. The van der Waals surface area contributed by atoms with Crippen LogP contribution in [0.5, 0.6) is 0 Å². The van der Waals surface area contributed by atoms with Crippen molar-refractivity contribution in [3.63, 3.8) is 0 Å². The Hall–Kier alpha value is -1.32. The van der Waals surface area contributed by atoms with Crippen molar-refractivity contribution in [2.24, 2.45) is 5.92 Å². The summed E-state index contributed by atoms with van der Waals surface area (Å²) >= 11 is 0. The Bertz CT molecular complexity index is 463. The first-order valence-corrected chi connectivity index (χ1v) is 7.58. The van der Waals surface area contributed by atoms with E-state index in [1.807, 2.05) is 0 Å². The Morgan fingerprint density at radius 1 is 1.21 bits per heavy atom. The van der Waals surface area contributed by atoms with Crippen molar-refractivity contribution in [3.8, 4) is 0 Å². The quantitative estimate of drug-likeness (QED) is 0.854. The smallest absolute Gasteiger partial charge is 0.137 e. The zero-order valence-corrected chi connectivity index (χ0v) is 12.0. The van der Waals surface area contributed by atoms with Gasteiger partial charge in [-0.15, -0.1) is 0 Å². The first kappa shape index (κ1) is 12.7. The average Bonchev–Trinajstić information content (AvgIpc) is 3.25. The van der Waals surface area contributed by atoms with E-state index in [1.165, 1.54) is 25.7 Å². The van der Waals surface area contributed by atoms with Crippen LogP contribution >= 0.6 is 0 Å². The zero-order valence-electron chi connectivity index (χ0n) is 12.0. The van der Waals surface area contributed by atoms with Crippen LogP contribution in [0, 0.1) is 12.8 Å². The molecule has 2 aliphatic carbocycles. The summed E-state index contributed by atoms with van der Waals surface area (Å²) in [5.41, 5.74) is 7.14. The third-order valence-corrected chi connectivity index (χ3v) is 4.09. The molecular formula is C15H24N4. The summed E-state index contributed by atoms with van der Waals surface area (Å²) in [6.07, 6.45) is 6.33. The van der Waals surface area contributed by atoms with Crippen molar-refractivity contribution in [1.82, 2.24) is 9.97 Å². The largest absolute Gasteiger partial charge is 0.383 e. The van der Waals surface area contributed by atoms with Crippen molar-refractivity contribution < 1.29 is 0 Å². The number of nitrogen functional groups attached to an aromatic ring is 1. The molecule has 2 saturated carbocycles. The SMILES string of the molecule is CCCN(CC1CC1)c1nc(C2CC2)nc(N)c1C. The van der Waals surface area contributed by atoms with Crippen LogP contribution in [0.25, 0.3) is 0 Å². The number of anilines is 2. The highest BCUT2D eigenvalue weighted by Crippen LogP contribution is 2.40. The topological polar surface area (TPSA) is 55.0 Å². The second-order valence-electron chi connectivity index (χ2n) is 6.08. The van der Waals surface area contributed by atoms with Crippen LogP contribution in [-0.4, -0.2) is 23.1 Å². The van der Waals surface area contributed by atoms with Gasteiger partial charge in [0.25, 0.3) is 0 Å². The van der Waals surface area contributed by atoms with Crippen LogP contribution in [0.4, 0.5) is 11.6 Å². The fourth-order valence-electron chi connectivity index (χ4n) is 2.54. The van der Waals surface area contributed by atoms with Crippen LogP contribution in [0.2, 0.25) is 0 Å². The monoisotopic (exact) mass is 260 g/mol. The molecule has 1 aromatic rings. The molecule has 0 unspecified atom stereocenters. The fourth-order valence-corrected chi connectivity index (χ4v) is 2.54. The van der Waals surface area contributed by atoms with Gasteiger partial charge in [-0.05, 0) is 44.9 Å². The van der Waals surface area contributed by atoms with E-state index in [9.17, 15) is 0 Å². The molecule has 0 bridgehead atoms. The van der Waals surface area contributed by atoms with Gasteiger partial charge in [0.05, 0.1) is 0 Å². The third kappa shape index (κ3) is 2.82. The Labute approximate surface area is 115 Å². The maximum Gasteiger partial charge on any atom is 0.137 e. The Balaban J connectivity index is 1.90. The molecule has 2 fully saturated rings. The molecule has 1 aromatic heterocycles. The first-order chi connectivity index (χ1) is 9.19. The van der Waals surface area contributed by atoms with E-state index in [2.05, 4.69) is 23.7 Å². The van der Waals surface area contributed by atoms with Gasteiger partial charge in [-0.3, -0.25) is 0 Å². The second kappa shape index (κ2) is 4.99. The fraction of sp³-hybridized carbons (Fsp3) is 0.733. The zero-order chi connectivity index (χ0) is 13.4. The van der Waals surface area contributed by atoms with E-state index in [4.69, 9.17) is 10.7 Å². The number of nitrogens with zero attached hydrogens (tertiary/aromatic N) is 3. The van der Waals surface area contributed by atoms with Crippen LogP contribution in [0.3, 0.4) is 0 Å². The van der Waals surface area contributed by atoms with Gasteiger partial charge in [0.15, 0.2) is 0 Å². The number of hydrogen-bond donors (Lipinski definition) is 1. The van der Waals surface area contributed by atoms with Crippen molar-refractivity contribution >= 4 is 11.6 Å². The standard InChI is InChI=1S/C15H24N4/c1-3-8-19(9-11-4-5-11)15-10(2)13(16)17-14(18-15)12-6-7-12/h11-12H,3-9H2,1-2H3,(H2,16,17,18). The highest BCUT2D eigenvalue weighted by atomic mass is 15.2. The van der Waals surface area contributed by atoms with Crippen LogP contribution < -0.4 is 10.6 Å². The van der Waals surface area contributed by atoms with E-state index in [1.54, 1.807) is 0 Å². The molecule has 0 atom stereocenters. The lowest BCUT2D eigenvalue weighted by Gasteiger charge is -2.25. The molecule has 3 rings (SSSR count). The van der Waals surface area contributed by atoms with E-state index < -0.39 is 0 Å². The number of hydrogen-bond acceptors (Lipinski definition) is 4. The Kier molecular flexibility index (Phi) is 3.33. The lowest BCUT2D eigenvalue weighted by Crippen LogP contribution is -2.29. The molecular weight excluding hydrogens is 236 g/mol. The Morgan fingerprint density at radius 2 is 1.95 bits per heavy atom. The molecule has 0 amide bonds. The van der Waals surface area contributed by atoms with Gasteiger partial charge in [0, 0.05) is 24.6 Å². The minimum atomic E-state index is 0.561. The average molecular weight is 260 g/mol. The summed E-state index contributed by atoms with van der Waals surface area (Å²) in [5.74, 6) is 4.15. The minimum absolute atomic E-state index is 0.561. The van der Waals surface area contributed by atoms with Gasteiger partial charge in [-0.25, -0.2) is 9.97 Å². The molecule has 4 heteroatoms. The number of rotatable bonds is 6. The van der Waals surface area contributed by atoms with Gasteiger partial charge in [0.1, 0.15) is 17.5 Å². The summed E-state index contributed by atoms with van der Waals surface area (Å²) in [7, 11) is 0. The highest BCUT2D eigenvalue weighted by molar-refractivity contribution is 5.57. The van der Waals surface area contributed by atoms with Crippen molar-refractivity contribution in [1.29, 1.82) is 0 Å². The first-order valence-electron chi connectivity index (χ1n) is 7.58. The molecule has 2 aliphatic rings. The molecule has 0 saturated heterocycles. The molecule has 19 heavy (non-hydrogen) atoms. The van der Waals surface area contributed by atoms with E-state index >= 15 is 0 Å². The minimum Gasteiger partial charge on any atom is -0.383 e. The molecule has 104 valence electrons. The molecule has 2 N–H and O–H groups in total. The Morgan fingerprint density at radius 3 is 2.53 bits per heavy atom. The normalized spacial score (nSPS) is 18.6. The van der Waals surface area contributed by atoms with Crippen molar-refractivity contribution in [3.05, 3.63) is 11.4 Å². The van der Waals surface area contributed by atoms with Crippen LogP contribution in [0.15, 0.2) is 0 Å². The van der Waals surface area contributed by atoms with Crippen LogP contribution in [-0.2, 0) is 0 Å². The van der Waals surface area contributed by atoms with Crippen molar-refractivity contribution in [2.45, 2.75) is 51.9 Å². The van der Waals surface area contributed by atoms with E-state index in [-0.39, 0.29) is 0 Å². The van der Waals surface area contributed by atoms with Crippen molar-refractivity contribution in [2.75, 3.05) is 23.7 Å². The summed E-state index contributed by atoms with van der Waals surface area (Å²) in [5, 5.41) is 0. The third-order valence-electron chi connectivity index (χ3n) is 4.09. The van der Waals surface area contributed by atoms with Gasteiger partial charge in [0.2, 0.25) is 0 Å². The van der Waals surface area contributed by atoms with Crippen LogP contribution in [0.1, 0.15) is 56.3 Å². The van der Waals surface area contributed by atoms with E-state index in [0.717, 1.165) is 42.6 Å². The molecule has 0 radical (unpaired) electrons. The number of nitrogens with two attached hydrogens (primary N) is 1. The maximum absolute atomic E-state index is 6.09. The van der Waals surface area contributed by atoms with Gasteiger partial charge in [-0.2, -0.15) is 0 Å². The van der Waals surface area contributed by atoms with Gasteiger partial charge in [-0.1, -0.05) is 6.92 Å². The highest BCUT2D eigenvalue weighted by Gasteiger charge is 2.30. The summed E-state index contributed by atoms with van der Waals surface area (Å²) < 4.78 is 0. The molecule has 0 spiro atoms. The predicted molar refractivity (Wildman–Crippen MR) is 78.4 cm³/mol. The second-order valence-corrected chi connectivity index (χ2v) is 6.08. The maximum atomic E-state index is 6.09. The van der Waals surface area contributed by atoms with Gasteiger partial charge < -0.3 is 10.6 Å². The lowest BCUT2D eigenvalue weighted by atomic mass is 10.2. The van der Waals surface area contributed by atoms with Gasteiger partial charge >= 0.3 is 0 Å². The molecule has 1 heterocycles. The summed E-state index contributed by atoms with van der Waals surface area (Å²) in [6.45, 7) is 6.48. The summed E-state index contributed by atoms with van der Waals surface area (Å²) in [6, 6.07) is 0.